The summed E-state index contributed by atoms with van der Waals surface area (Å²) in [7, 11) is 1.57. The van der Waals surface area contributed by atoms with E-state index in [1.807, 2.05) is 12.1 Å². The molecule has 10 nitrogen and oxygen atoms in total. The van der Waals surface area contributed by atoms with Gasteiger partial charge in [0.1, 0.15) is 23.1 Å². The molecule has 0 aliphatic carbocycles. The number of piperidine rings is 2. The zero-order valence-electron chi connectivity index (χ0n) is 26.6. The molecule has 2 aromatic carbocycles. The second-order valence-corrected chi connectivity index (χ2v) is 13.1. The van der Waals surface area contributed by atoms with Crippen LogP contribution in [-0.4, -0.2) is 71.3 Å². The number of carboxylic acid groups (broad SMARTS) is 1. The normalized spacial score (nSPS) is 19.3. The molecule has 2 fully saturated rings. The number of carbonyl (C=O) groups is 2. The summed E-state index contributed by atoms with van der Waals surface area (Å²) in [5.74, 6) is 0.593. The lowest BCUT2D eigenvalue weighted by atomic mass is 9.89. The van der Waals surface area contributed by atoms with E-state index in [0.29, 0.717) is 48.0 Å². The molecule has 2 unspecified atom stereocenters. The summed E-state index contributed by atoms with van der Waals surface area (Å²) in [5, 5.41) is 16.0. The van der Waals surface area contributed by atoms with Gasteiger partial charge in [0.15, 0.2) is 0 Å². The molecule has 3 amide bonds. The molecule has 3 aromatic rings. The van der Waals surface area contributed by atoms with E-state index >= 15 is 0 Å². The van der Waals surface area contributed by atoms with Crippen molar-refractivity contribution in [2.45, 2.75) is 71.4 Å². The minimum Gasteiger partial charge on any atom is -0.496 e. The Morgan fingerprint density at radius 1 is 1.07 bits per heavy atom. The molecule has 0 saturated carbocycles. The number of halogens is 1. The van der Waals surface area contributed by atoms with Crippen molar-refractivity contribution < 1.29 is 28.6 Å². The van der Waals surface area contributed by atoms with Crippen molar-refractivity contribution >= 4 is 28.7 Å². The molecule has 2 aliphatic heterocycles. The van der Waals surface area contributed by atoms with Gasteiger partial charge in [0.05, 0.1) is 24.4 Å². The molecule has 3 N–H and O–H groups in total. The summed E-state index contributed by atoms with van der Waals surface area (Å²) in [6.07, 6.45) is 6.52. The predicted molar refractivity (Wildman–Crippen MR) is 172 cm³/mol. The van der Waals surface area contributed by atoms with Gasteiger partial charge in [-0.1, -0.05) is 27.2 Å². The number of nitrogens with zero attached hydrogens (tertiary/aromatic N) is 3. The molecule has 5 rings (SSSR count). The van der Waals surface area contributed by atoms with Crippen LogP contribution in [0.4, 0.5) is 19.7 Å². The summed E-state index contributed by atoms with van der Waals surface area (Å²) in [4.78, 5) is 33.1. The fourth-order valence-electron chi connectivity index (χ4n) is 6.28. The molecular weight excluding hydrogens is 577 g/mol. The van der Waals surface area contributed by atoms with Gasteiger partial charge < -0.3 is 35.0 Å². The highest BCUT2D eigenvalue weighted by atomic mass is 19.1. The number of carbonyl (C=O) groups excluding carboxylic acids is 1. The maximum Gasteiger partial charge on any atom is 0.407 e. The molecule has 242 valence electrons. The number of likely N-dealkylation sites (tertiary alicyclic amines) is 2. The van der Waals surface area contributed by atoms with Crippen LogP contribution >= 0.6 is 0 Å². The Morgan fingerprint density at radius 3 is 2.53 bits per heavy atom. The van der Waals surface area contributed by atoms with Crippen molar-refractivity contribution in [3.63, 3.8) is 0 Å². The quantitative estimate of drug-likeness (QED) is 0.240. The summed E-state index contributed by atoms with van der Waals surface area (Å²) in [6, 6.07) is 9.08. The Morgan fingerprint density at radius 2 is 1.84 bits per heavy atom. The average Bonchev–Trinajstić information content (AvgIpc) is 3.01. The van der Waals surface area contributed by atoms with Crippen LogP contribution in [-0.2, 0) is 0 Å². The number of aromatic nitrogens is 1. The first kappa shape index (κ1) is 32.3. The SMILES string of the molecule is COc1cc2c(Oc3ccc(NC(=O)NCCC(C)(C)C)c(F)c3)ccnc2cc1C1CC(N2CCCCC2)CCN1C(=O)O. The largest absolute Gasteiger partial charge is 0.496 e. The van der Waals surface area contributed by atoms with Crippen LogP contribution in [0.2, 0.25) is 0 Å². The molecule has 2 saturated heterocycles. The predicted octanol–water partition coefficient (Wildman–Crippen LogP) is 7.40. The van der Waals surface area contributed by atoms with Crippen LogP contribution in [0, 0.1) is 11.2 Å². The van der Waals surface area contributed by atoms with E-state index in [4.69, 9.17) is 9.47 Å². The second-order valence-electron chi connectivity index (χ2n) is 13.1. The van der Waals surface area contributed by atoms with Crippen molar-refractivity contribution in [1.29, 1.82) is 0 Å². The van der Waals surface area contributed by atoms with Gasteiger partial charge in [-0.15, -0.1) is 0 Å². The first-order chi connectivity index (χ1) is 21.5. The standard InChI is InChI=1S/C34H44FN5O5/c1-34(2,3)12-14-37-32(41)38-27-9-8-23(19-26(27)35)45-30-10-13-36-28-20-25(31(44-4)21-24(28)30)29-18-22(11-17-40(29)33(42)43)39-15-6-5-7-16-39/h8-10,13,19-22,29H,5-7,11-12,14-18H2,1-4H3,(H,42,43)(H2,37,38,41). The maximum absolute atomic E-state index is 15.0. The lowest BCUT2D eigenvalue weighted by Crippen LogP contribution is -2.49. The van der Waals surface area contributed by atoms with Crippen LogP contribution in [0.1, 0.15) is 70.9 Å². The first-order valence-electron chi connectivity index (χ1n) is 15.7. The molecule has 45 heavy (non-hydrogen) atoms. The number of pyridine rings is 1. The summed E-state index contributed by atoms with van der Waals surface area (Å²) < 4.78 is 26.9. The topological polar surface area (TPSA) is 116 Å². The first-order valence-corrected chi connectivity index (χ1v) is 15.7. The molecule has 0 spiro atoms. The zero-order chi connectivity index (χ0) is 32.1. The highest BCUT2D eigenvalue weighted by molar-refractivity contribution is 5.90. The highest BCUT2D eigenvalue weighted by Gasteiger charge is 2.37. The van der Waals surface area contributed by atoms with Crippen molar-refractivity contribution in [2.75, 3.05) is 38.6 Å². The van der Waals surface area contributed by atoms with Gasteiger partial charge in [0, 0.05) is 42.3 Å². The smallest absolute Gasteiger partial charge is 0.407 e. The van der Waals surface area contributed by atoms with Gasteiger partial charge in [0.2, 0.25) is 0 Å². The second kappa shape index (κ2) is 13.9. The van der Waals surface area contributed by atoms with E-state index in [2.05, 4.69) is 41.3 Å². The fourth-order valence-corrected chi connectivity index (χ4v) is 6.28. The highest BCUT2D eigenvalue weighted by Crippen LogP contribution is 2.42. The molecule has 11 heteroatoms. The van der Waals surface area contributed by atoms with Gasteiger partial charge in [-0.25, -0.2) is 14.0 Å². The average molecular weight is 622 g/mol. The molecule has 3 heterocycles. The van der Waals surface area contributed by atoms with Crippen LogP contribution in [0.3, 0.4) is 0 Å². The summed E-state index contributed by atoms with van der Waals surface area (Å²) in [5.41, 5.74) is 1.49. The summed E-state index contributed by atoms with van der Waals surface area (Å²) >= 11 is 0. The van der Waals surface area contributed by atoms with E-state index in [9.17, 15) is 19.1 Å². The third-order valence-corrected chi connectivity index (χ3v) is 8.72. The lowest BCUT2D eigenvalue weighted by molar-refractivity contribution is 0.0526. The van der Waals surface area contributed by atoms with E-state index in [-0.39, 0.29) is 22.9 Å². The van der Waals surface area contributed by atoms with E-state index in [1.165, 1.54) is 36.3 Å². The van der Waals surface area contributed by atoms with Gasteiger partial charge in [-0.3, -0.25) is 4.98 Å². The Balaban J connectivity index is 1.36. The van der Waals surface area contributed by atoms with Gasteiger partial charge in [0.25, 0.3) is 0 Å². The monoisotopic (exact) mass is 621 g/mol. The minimum absolute atomic E-state index is 0.0415. The van der Waals surface area contributed by atoms with Crippen molar-refractivity contribution in [3.8, 4) is 17.2 Å². The molecular formula is C34H44FN5O5. The number of anilines is 1. The van der Waals surface area contributed by atoms with E-state index in [1.54, 1.807) is 25.4 Å². The number of ether oxygens (including phenoxy) is 2. The number of fused-ring (bicyclic) bond motifs is 1. The molecule has 0 radical (unpaired) electrons. The number of hydrogen-bond acceptors (Lipinski definition) is 6. The maximum atomic E-state index is 15.0. The van der Waals surface area contributed by atoms with Crippen LogP contribution in [0.15, 0.2) is 42.6 Å². The van der Waals surface area contributed by atoms with Crippen molar-refractivity contribution in [2.24, 2.45) is 5.41 Å². The zero-order valence-corrected chi connectivity index (χ0v) is 26.6. The van der Waals surface area contributed by atoms with Crippen LogP contribution in [0.5, 0.6) is 17.2 Å². The Hall–Kier alpha value is -4.12. The summed E-state index contributed by atoms with van der Waals surface area (Å²) in [6.45, 7) is 9.27. The van der Waals surface area contributed by atoms with Gasteiger partial charge in [-0.2, -0.15) is 0 Å². The molecule has 0 bridgehead atoms. The number of amides is 3. The molecule has 2 atom stereocenters. The number of benzene rings is 2. The Labute approximate surface area is 263 Å². The Bertz CT molecular complexity index is 1520. The van der Waals surface area contributed by atoms with Crippen molar-refractivity contribution in [3.05, 3.63) is 54.0 Å². The van der Waals surface area contributed by atoms with Gasteiger partial charge >= 0.3 is 12.1 Å². The van der Waals surface area contributed by atoms with Gasteiger partial charge in [-0.05, 0) is 80.9 Å². The molecule has 2 aliphatic rings. The fraction of sp³-hybridized carbons (Fsp3) is 0.500. The third-order valence-electron chi connectivity index (χ3n) is 8.72. The van der Waals surface area contributed by atoms with E-state index in [0.717, 1.165) is 31.5 Å². The third kappa shape index (κ3) is 7.94. The van der Waals surface area contributed by atoms with Crippen LogP contribution < -0.4 is 20.1 Å². The van der Waals surface area contributed by atoms with E-state index < -0.39 is 17.9 Å². The Kier molecular flexibility index (Phi) is 9.96. The number of rotatable bonds is 8. The molecule has 1 aromatic heterocycles. The number of hydrogen-bond donors (Lipinski definition) is 3. The number of methoxy groups -OCH3 is 1. The minimum atomic E-state index is -0.952. The van der Waals surface area contributed by atoms with Crippen molar-refractivity contribution in [1.82, 2.24) is 20.1 Å². The number of nitrogens with one attached hydrogen (secondary N) is 2. The lowest BCUT2D eigenvalue weighted by Gasteiger charge is -2.44. The number of urea groups is 1. The van der Waals surface area contributed by atoms with Crippen LogP contribution in [0.25, 0.3) is 10.9 Å².